The smallest absolute Gasteiger partial charge is 0.363 e. The molecule has 0 N–H and O–H groups in total. The first kappa shape index (κ1) is 21.4. The van der Waals surface area contributed by atoms with Crippen molar-refractivity contribution in [2.75, 3.05) is 24.6 Å². The number of piperidine rings is 1. The molecular weight excluding hydrogens is 398 g/mol. The number of hydrogen-bond acceptors (Lipinski definition) is 7. The Labute approximate surface area is 181 Å². The highest BCUT2D eigenvalue weighted by Crippen LogP contribution is 2.26. The number of anilines is 1. The second-order valence-corrected chi connectivity index (χ2v) is 8.06. The van der Waals surface area contributed by atoms with Gasteiger partial charge in [-0.05, 0) is 53.6 Å². The van der Waals surface area contributed by atoms with E-state index < -0.39 is 4.92 Å². The zero-order valence-electron chi connectivity index (χ0n) is 17.4. The number of carbonyl (C=O) groups excluding carboxylic acids is 1. The number of nitrogens with zero attached hydrogens (tertiary/aromatic N) is 3. The molecule has 1 unspecified atom stereocenters. The van der Waals surface area contributed by atoms with Crippen molar-refractivity contribution in [2.24, 2.45) is 5.92 Å². The molecule has 0 bridgehead atoms. The summed E-state index contributed by atoms with van der Waals surface area (Å²) in [5.74, 6) is -0.00141. The first-order valence-electron chi connectivity index (χ1n) is 10.8. The molecule has 4 rings (SSSR count). The molecule has 3 heterocycles. The van der Waals surface area contributed by atoms with Gasteiger partial charge in [-0.1, -0.05) is 24.3 Å². The van der Waals surface area contributed by atoms with Crippen LogP contribution in [-0.2, 0) is 16.1 Å². The van der Waals surface area contributed by atoms with Crippen molar-refractivity contribution < 1.29 is 19.2 Å². The van der Waals surface area contributed by atoms with E-state index in [9.17, 15) is 14.9 Å². The molecule has 2 aliphatic rings. The molecule has 0 radical (unpaired) electrons. The van der Waals surface area contributed by atoms with Crippen molar-refractivity contribution in [1.29, 1.82) is 0 Å². The van der Waals surface area contributed by atoms with Gasteiger partial charge in [0.05, 0.1) is 12.3 Å². The fourth-order valence-electron chi connectivity index (χ4n) is 4.11. The molecule has 0 aliphatic carbocycles. The minimum absolute atomic E-state index is 0.0139. The van der Waals surface area contributed by atoms with Crippen molar-refractivity contribution in [3.8, 4) is 0 Å². The van der Waals surface area contributed by atoms with Crippen LogP contribution in [-0.4, -0.2) is 41.7 Å². The summed E-state index contributed by atoms with van der Waals surface area (Å²) in [6, 6.07) is 10.8. The van der Waals surface area contributed by atoms with E-state index in [1.807, 2.05) is 24.3 Å². The third kappa shape index (κ3) is 5.45. The molecule has 2 aromatic rings. The number of hydrogen-bond donors (Lipinski definition) is 0. The number of aromatic nitrogens is 1. The molecule has 2 fully saturated rings. The van der Waals surface area contributed by atoms with Gasteiger partial charge in [-0.25, -0.2) is 0 Å². The van der Waals surface area contributed by atoms with Crippen LogP contribution in [0.25, 0.3) is 0 Å². The SMILES string of the molecule is O=C(c1ccc(COC2CCCCO2)cc1)C1CCN(c2ccc([N+](=O)[O-])nc2)CC1. The van der Waals surface area contributed by atoms with E-state index in [4.69, 9.17) is 9.47 Å². The second-order valence-electron chi connectivity index (χ2n) is 8.06. The van der Waals surface area contributed by atoms with Gasteiger partial charge in [0.1, 0.15) is 0 Å². The van der Waals surface area contributed by atoms with E-state index in [0.717, 1.165) is 68.6 Å². The van der Waals surface area contributed by atoms with Crippen LogP contribution in [0.5, 0.6) is 0 Å². The number of rotatable bonds is 7. The zero-order valence-corrected chi connectivity index (χ0v) is 17.4. The van der Waals surface area contributed by atoms with Gasteiger partial charge >= 0.3 is 5.82 Å². The average molecular weight is 425 g/mol. The highest BCUT2D eigenvalue weighted by atomic mass is 16.7. The minimum atomic E-state index is -0.504. The van der Waals surface area contributed by atoms with Crippen LogP contribution >= 0.6 is 0 Å². The number of nitro groups is 1. The van der Waals surface area contributed by atoms with E-state index >= 15 is 0 Å². The molecule has 1 atom stereocenters. The zero-order chi connectivity index (χ0) is 21.6. The lowest BCUT2D eigenvalue weighted by molar-refractivity contribution is -0.389. The molecule has 164 valence electrons. The summed E-state index contributed by atoms with van der Waals surface area (Å²) in [6.45, 7) is 2.70. The first-order valence-corrected chi connectivity index (χ1v) is 10.8. The standard InChI is InChI=1S/C23H27N3O5/c27-23(18-6-4-17(5-7-18)16-31-22-3-1-2-14-30-22)19-10-12-25(13-11-19)20-8-9-21(24-15-20)26(28)29/h4-9,15,19,22H,1-3,10-14,16H2. The Bertz CT molecular complexity index is 886. The molecule has 31 heavy (non-hydrogen) atoms. The monoisotopic (exact) mass is 425 g/mol. The van der Waals surface area contributed by atoms with Gasteiger partial charge in [-0.2, -0.15) is 0 Å². The van der Waals surface area contributed by atoms with E-state index in [-0.39, 0.29) is 23.8 Å². The molecule has 0 saturated carbocycles. The minimum Gasteiger partial charge on any atom is -0.368 e. The Kier molecular flexibility index (Phi) is 6.89. The van der Waals surface area contributed by atoms with Crippen LogP contribution in [0.2, 0.25) is 0 Å². The summed E-state index contributed by atoms with van der Waals surface area (Å²) in [4.78, 5) is 29.2. The Balaban J connectivity index is 1.27. The highest BCUT2D eigenvalue weighted by Gasteiger charge is 2.26. The van der Waals surface area contributed by atoms with Gasteiger partial charge in [0.25, 0.3) is 0 Å². The molecule has 1 aromatic heterocycles. The van der Waals surface area contributed by atoms with Gasteiger partial charge in [-0.15, -0.1) is 0 Å². The van der Waals surface area contributed by atoms with Gasteiger partial charge in [0.15, 0.2) is 18.3 Å². The molecule has 8 heteroatoms. The van der Waals surface area contributed by atoms with E-state index in [1.165, 1.54) is 12.3 Å². The van der Waals surface area contributed by atoms with E-state index in [2.05, 4.69) is 9.88 Å². The lowest BCUT2D eigenvalue weighted by Gasteiger charge is -2.32. The fraction of sp³-hybridized carbons (Fsp3) is 0.478. The molecule has 1 aromatic carbocycles. The number of pyridine rings is 1. The van der Waals surface area contributed by atoms with Gasteiger partial charge in [-0.3, -0.25) is 4.79 Å². The van der Waals surface area contributed by atoms with Gasteiger partial charge < -0.3 is 24.5 Å². The van der Waals surface area contributed by atoms with E-state index in [1.54, 1.807) is 6.07 Å². The largest absolute Gasteiger partial charge is 0.368 e. The van der Waals surface area contributed by atoms with Crippen molar-refractivity contribution in [3.63, 3.8) is 0 Å². The predicted octanol–water partition coefficient (Wildman–Crippen LogP) is 4.13. The maximum atomic E-state index is 12.9. The highest BCUT2D eigenvalue weighted by molar-refractivity contribution is 5.98. The van der Waals surface area contributed by atoms with E-state index in [0.29, 0.717) is 6.61 Å². The fourth-order valence-corrected chi connectivity index (χ4v) is 4.11. The second kappa shape index (κ2) is 9.98. The Morgan fingerprint density at radius 3 is 2.52 bits per heavy atom. The topological polar surface area (TPSA) is 94.8 Å². The first-order chi connectivity index (χ1) is 15.1. The third-order valence-corrected chi connectivity index (χ3v) is 5.96. The van der Waals surface area contributed by atoms with Crippen molar-refractivity contribution >= 4 is 17.3 Å². The molecule has 2 saturated heterocycles. The summed E-state index contributed by atoms with van der Waals surface area (Å²) in [6.07, 6.45) is 6.08. The number of Topliss-reactive ketones (excluding diaryl/α,β-unsaturated/α-hetero) is 1. The number of benzene rings is 1. The molecule has 2 aliphatic heterocycles. The lowest BCUT2D eigenvalue weighted by Crippen LogP contribution is -2.36. The Morgan fingerprint density at radius 1 is 1.13 bits per heavy atom. The quantitative estimate of drug-likeness (QED) is 0.374. The van der Waals surface area contributed by atoms with Crippen molar-refractivity contribution in [3.05, 3.63) is 63.8 Å². The lowest BCUT2D eigenvalue weighted by atomic mass is 9.88. The Hall–Kier alpha value is -2.84. The number of ketones is 1. The summed E-state index contributed by atoms with van der Waals surface area (Å²) in [5.41, 5.74) is 2.61. The number of ether oxygens (including phenoxy) is 2. The summed E-state index contributed by atoms with van der Waals surface area (Å²) >= 11 is 0. The van der Waals surface area contributed by atoms with Crippen molar-refractivity contribution in [1.82, 2.24) is 4.98 Å². The average Bonchev–Trinajstić information content (AvgIpc) is 2.83. The van der Waals surface area contributed by atoms with Crippen LogP contribution in [0, 0.1) is 16.0 Å². The van der Waals surface area contributed by atoms with Crippen molar-refractivity contribution in [2.45, 2.75) is 45.0 Å². The summed E-state index contributed by atoms with van der Waals surface area (Å²) in [5, 5.41) is 10.8. The molecule has 0 spiro atoms. The summed E-state index contributed by atoms with van der Waals surface area (Å²) in [7, 11) is 0. The predicted molar refractivity (Wildman–Crippen MR) is 115 cm³/mol. The third-order valence-electron chi connectivity index (χ3n) is 5.96. The van der Waals surface area contributed by atoms with Crippen LogP contribution in [0.1, 0.15) is 48.0 Å². The Morgan fingerprint density at radius 2 is 1.90 bits per heavy atom. The van der Waals surface area contributed by atoms with Crippen LogP contribution in [0.4, 0.5) is 11.5 Å². The van der Waals surface area contributed by atoms with Crippen LogP contribution in [0.15, 0.2) is 42.6 Å². The maximum Gasteiger partial charge on any atom is 0.363 e. The normalized spacial score (nSPS) is 19.9. The van der Waals surface area contributed by atoms with Gasteiger partial charge in [0.2, 0.25) is 0 Å². The molecule has 8 nitrogen and oxygen atoms in total. The van der Waals surface area contributed by atoms with Crippen LogP contribution < -0.4 is 4.90 Å². The van der Waals surface area contributed by atoms with Gasteiger partial charge in [0, 0.05) is 37.2 Å². The molecular formula is C23H27N3O5. The van der Waals surface area contributed by atoms with Crippen LogP contribution in [0.3, 0.4) is 0 Å². The number of carbonyl (C=O) groups is 1. The maximum absolute atomic E-state index is 12.9. The molecule has 0 amide bonds. The summed E-state index contributed by atoms with van der Waals surface area (Å²) < 4.78 is 11.4.